The summed E-state index contributed by atoms with van der Waals surface area (Å²) in [6.07, 6.45) is -3.46. The minimum absolute atomic E-state index is 0.115. The monoisotopic (exact) mass is 302 g/mol. The van der Waals surface area contributed by atoms with E-state index in [1.165, 1.54) is 18.2 Å². The van der Waals surface area contributed by atoms with Crippen LogP contribution in [0.3, 0.4) is 0 Å². The summed E-state index contributed by atoms with van der Waals surface area (Å²) < 4.78 is 44.5. The predicted molar refractivity (Wildman–Crippen MR) is 71.8 cm³/mol. The van der Waals surface area contributed by atoms with Gasteiger partial charge in [0.25, 0.3) is 5.91 Å². The second kappa shape index (κ2) is 6.44. The van der Waals surface area contributed by atoms with Gasteiger partial charge in [-0.15, -0.1) is 0 Å². The Kier molecular flexibility index (Phi) is 4.84. The van der Waals surface area contributed by atoms with Gasteiger partial charge in [-0.1, -0.05) is 12.1 Å². The van der Waals surface area contributed by atoms with Crippen molar-refractivity contribution in [1.82, 2.24) is 0 Å². The highest BCUT2D eigenvalue weighted by molar-refractivity contribution is 5.95. The summed E-state index contributed by atoms with van der Waals surface area (Å²) in [4.78, 5) is 13.1. The number of anilines is 1. The summed E-state index contributed by atoms with van der Waals surface area (Å²) in [5.74, 6) is -0.462. The highest BCUT2D eigenvalue weighted by Gasteiger charge is 2.37. The van der Waals surface area contributed by atoms with E-state index in [0.717, 1.165) is 11.0 Å². The Balaban J connectivity index is 2.25. The molecule has 7 heteroatoms. The van der Waals surface area contributed by atoms with Crippen LogP contribution in [0.15, 0.2) is 24.3 Å². The highest BCUT2D eigenvalue weighted by atomic mass is 19.4. The van der Waals surface area contributed by atoms with E-state index in [-0.39, 0.29) is 24.9 Å². The number of amides is 1. The summed E-state index contributed by atoms with van der Waals surface area (Å²) in [6.45, 7) is 0.389. The molecular formula is C14H17F3N2O2. The van der Waals surface area contributed by atoms with Crippen LogP contribution in [0, 0.1) is 0 Å². The van der Waals surface area contributed by atoms with Crippen LogP contribution < -0.4 is 10.6 Å². The minimum atomic E-state index is -4.50. The largest absolute Gasteiger partial charge is 0.418 e. The molecule has 2 rings (SSSR count). The molecule has 1 amide bonds. The molecule has 4 nitrogen and oxygen atoms in total. The number of nitrogens with zero attached hydrogens (tertiary/aromatic N) is 1. The maximum absolute atomic E-state index is 13.0. The van der Waals surface area contributed by atoms with Crippen molar-refractivity contribution in [3.8, 4) is 0 Å². The molecule has 1 unspecified atom stereocenters. The standard InChI is InChI=1S/C14H17F3N2O2/c15-14(16,17)11-5-1-2-6-12(11)19-8-10(4-3-7-18)21-9-13(19)20/h1-2,5-6,10H,3-4,7-9,18H2. The van der Waals surface area contributed by atoms with Gasteiger partial charge in [0.15, 0.2) is 0 Å². The van der Waals surface area contributed by atoms with Crippen molar-refractivity contribution >= 4 is 11.6 Å². The molecule has 1 fully saturated rings. The van der Waals surface area contributed by atoms with Gasteiger partial charge in [-0.25, -0.2) is 0 Å². The van der Waals surface area contributed by atoms with Crippen molar-refractivity contribution in [2.24, 2.45) is 5.73 Å². The number of rotatable bonds is 4. The highest BCUT2D eigenvalue weighted by Crippen LogP contribution is 2.37. The van der Waals surface area contributed by atoms with Gasteiger partial charge in [0.2, 0.25) is 0 Å². The first-order chi connectivity index (χ1) is 9.93. The lowest BCUT2D eigenvalue weighted by atomic mass is 10.1. The number of hydrogen-bond donors (Lipinski definition) is 1. The molecule has 1 aliphatic rings. The van der Waals surface area contributed by atoms with Crippen LogP contribution >= 0.6 is 0 Å². The van der Waals surface area contributed by atoms with Gasteiger partial charge in [-0.2, -0.15) is 13.2 Å². The Bertz CT molecular complexity index is 505. The molecule has 1 aliphatic heterocycles. The molecule has 1 aromatic rings. The predicted octanol–water partition coefficient (Wildman–Crippen LogP) is 2.18. The Morgan fingerprint density at radius 3 is 2.71 bits per heavy atom. The van der Waals surface area contributed by atoms with E-state index in [9.17, 15) is 18.0 Å². The van der Waals surface area contributed by atoms with E-state index < -0.39 is 17.6 Å². The first-order valence-electron chi connectivity index (χ1n) is 6.71. The van der Waals surface area contributed by atoms with Gasteiger partial charge in [-0.05, 0) is 31.5 Å². The van der Waals surface area contributed by atoms with E-state index >= 15 is 0 Å². The summed E-state index contributed by atoms with van der Waals surface area (Å²) in [5, 5.41) is 0. The Hall–Kier alpha value is -1.60. The third-order valence-corrected chi connectivity index (χ3v) is 3.36. The van der Waals surface area contributed by atoms with Crippen molar-refractivity contribution in [1.29, 1.82) is 0 Å². The number of hydrogen-bond acceptors (Lipinski definition) is 3. The molecule has 1 aromatic carbocycles. The second-order valence-corrected chi connectivity index (χ2v) is 4.88. The number of benzene rings is 1. The number of alkyl halides is 3. The van der Waals surface area contributed by atoms with Crippen molar-refractivity contribution in [2.75, 3.05) is 24.6 Å². The van der Waals surface area contributed by atoms with Crippen LogP contribution in [0.25, 0.3) is 0 Å². The third-order valence-electron chi connectivity index (χ3n) is 3.36. The molecule has 0 radical (unpaired) electrons. The van der Waals surface area contributed by atoms with Crippen LogP contribution in [0.4, 0.5) is 18.9 Å². The van der Waals surface area contributed by atoms with Gasteiger partial charge in [0.1, 0.15) is 6.61 Å². The lowest BCUT2D eigenvalue weighted by Crippen LogP contribution is -2.47. The summed E-state index contributed by atoms with van der Waals surface area (Å²) in [5.41, 5.74) is 4.49. The van der Waals surface area contributed by atoms with E-state index in [1.807, 2.05) is 0 Å². The fraction of sp³-hybridized carbons (Fsp3) is 0.500. The zero-order valence-corrected chi connectivity index (χ0v) is 11.4. The molecule has 2 N–H and O–H groups in total. The zero-order chi connectivity index (χ0) is 15.5. The SMILES string of the molecule is NCCCC1CN(c2ccccc2C(F)(F)F)C(=O)CO1. The Morgan fingerprint density at radius 2 is 2.05 bits per heavy atom. The Morgan fingerprint density at radius 1 is 1.33 bits per heavy atom. The Labute approximate surface area is 120 Å². The number of ether oxygens (including phenoxy) is 1. The third kappa shape index (κ3) is 3.74. The average molecular weight is 302 g/mol. The second-order valence-electron chi connectivity index (χ2n) is 4.88. The van der Waals surface area contributed by atoms with E-state index in [0.29, 0.717) is 19.4 Å². The van der Waals surface area contributed by atoms with Gasteiger partial charge < -0.3 is 15.4 Å². The molecule has 0 bridgehead atoms. The minimum Gasteiger partial charge on any atom is -0.367 e. The number of nitrogens with two attached hydrogens (primary N) is 1. The normalized spacial score (nSPS) is 19.9. The maximum Gasteiger partial charge on any atom is 0.418 e. The van der Waals surface area contributed by atoms with Gasteiger partial charge in [0, 0.05) is 0 Å². The van der Waals surface area contributed by atoms with Gasteiger partial charge in [-0.3, -0.25) is 4.79 Å². The number of carbonyl (C=O) groups excluding carboxylic acids is 1. The molecular weight excluding hydrogens is 285 g/mol. The molecule has 21 heavy (non-hydrogen) atoms. The molecule has 0 aromatic heterocycles. The van der Waals surface area contributed by atoms with E-state index in [4.69, 9.17) is 10.5 Å². The molecule has 0 spiro atoms. The molecule has 1 heterocycles. The summed E-state index contributed by atoms with van der Waals surface area (Å²) in [6, 6.07) is 5.09. The van der Waals surface area contributed by atoms with Crippen LogP contribution in [-0.4, -0.2) is 31.7 Å². The lowest BCUT2D eigenvalue weighted by molar-refractivity contribution is -0.137. The van der Waals surface area contributed by atoms with Crippen molar-refractivity contribution in [2.45, 2.75) is 25.1 Å². The fourth-order valence-corrected chi connectivity index (χ4v) is 2.33. The van der Waals surface area contributed by atoms with Crippen LogP contribution in [-0.2, 0) is 15.7 Å². The molecule has 116 valence electrons. The molecule has 1 saturated heterocycles. The first-order valence-corrected chi connectivity index (χ1v) is 6.71. The lowest BCUT2D eigenvalue weighted by Gasteiger charge is -2.34. The summed E-state index contributed by atoms with van der Waals surface area (Å²) in [7, 11) is 0. The summed E-state index contributed by atoms with van der Waals surface area (Å²) >= 11 is 0. The molecule has 1 atom stereocenters. The van der Waals surface area contributed by atoms with Crippen molar-refractivity contribution in [3.05, 3.63) is 29.8 Å². The fourth-order valence-electron chi connectivity index (χ4n) is 2.33. The van der Waals surface area contributed by atoms with E-state index in [1.54, 1.807) is 0 Å². The molecule has 0 aliphatic carbocycles. The first kappa shape index (κ1) is 15.8. The zero-order valence-electron chi connectivity index (χ0n) is 11.4. The van der Waals surface area contributed by atoms with Crippen molar-refractivity contribution < 1.29 is 22.7 Å². The number of morpholine rings is 1. The smallest absolute Gasteiger partial charge is 0.367 e. The van der Waals surface area contributed by atoms with Crippen LogP contribution in [0.2, 0.25) is 0 Å². The number of carbonyl (C=O) groups is 1. The van der Waals surface area contributed by atoms with Crippen LogP contribution in [0.1, 0.15) is 18.4 Å². The number of halogens is 3. The number of para-hydroxylation sites is 1. The van der Waals surface area contributed by atoms with Gasteiger partial charge >= 0.3 is 6.18 Å². The maximum atomic E-state index is 13.0. The van der Waals surface area contributed by atoms with E-state index in [2.05, 4.69) is 0 Å². The molecule has 0 saturated carbocycles. The van der Waals surface area contributed by atoms with Crippen LogP contribution in [0.5, 0.6) is 0 Å². The average Bonchev–Trinajstić information content (AvgIpc) is 2.45. The van der Waals surface area contributed by atoms with Gasteiger partial charge in [0.05, 0.1) is 23.9 Å². The quantitative estimate of drug-likeness (QED) is 0.927. The van der Waals surface area contributed by atoms with Crippen molar-refractivity contribution in [3.63, 3.8) is 0 Å². The topological polar surface area (TPSA) is 55.6 Å².